The number of benzene rings is 1. The standard InChI is InChI=1S/C19H23N5O2/c1-4-9-25-17-8-6-5-7-16(17)18-20-21-19(26-18)23-11-15(12-23)24-14(3)10-13(2)22-24/h5-8,10,15H,4,9,11-12H2,1-3H3. The predicted molar refractivity (Wildman–Crippen MR) is 98.5 cm³/mol. The Kier molecular flexibility index (Phi) is 4.36. The molecule has 136 valence electrons. The lowest BCUT2D eigenvalue weighted by Gasteiger charge is -2.38. The van der Waals surface area contributed by atoms with Crippen LogP contribution in [0.15, 0.2) is 34.7 Å². The van der Waals surface area contributed by atoms with Crippen molar-refractivity contribution in [3.8, 4) is 17.2 Å². The van der Waals surface area contributed by atoms with E-state index in [-0.39, 0.29) is 0 Å². The summed E-state index contributed by atoms with van der Waals surface area (Å²) in [6, 6.07) is 10.7. The lowest BCUT2D eigenvalue weighted by Crippen LogP contribution is -2.48. The summed E-state index contributed by atoms with van der Waals surface area (Å²) in [4.78, 5) is 2.08. The first-order chi connectivity index (χ1) is 12.7. The summed E-state index contributed by atoms with van der Waals surface area (Å²) in [5.74, 6) is 1.26. The van der Waals surface area contributed by atoms with E-state index in [1.165, 1.54) is 5.69 Å². The van der Waals surface area contributed by atoms with Gasteiger partial charge in [0.05, 0.1) is 23.9 Å². The first-order valence-electron chi connectivity index (χ1n) is 8.99. The van der Waals surface area contributed by atoms with E-state index >= 15 is 0 Å². The van der Waals surface area contributed by atoms with Gasteiger partial charge in [-0.15, -0.1) is 5.10 Å². The number of hydrogen-bond donors (Lipinski definition) is 0. The number of nitrogens with zero attached hydrogens (tertiary/aromatic N) is 5. The van der Waals surface area contributed by atoms with Crippen LogP contribution in [0.4, 0.5) is 6.01 Å². The maximum Gasteiger partial charge on any atom is 0.318 e. The van der Waals surface area contributed by atoms with Gasteiger partial charge in [0.15, 0.2) is 0 Å². The van der Waals surface area contributed by atoms with E-state index in [1.807, 2.05) is 31.2 Å². The van der Waals surface area contributed by atoms with Gasteiger partial charge in [0.1, 0.15) is 5.75 Å². The van der Waals surface area contributed by atoms with Crippen molar-refractivity contribution in [2.75, 3.05) is 24.6 Å². The van der Waals surface area contributed by atoms with Crippen LogP contribution in [-0.4, -0.2) is 39.7 Å². The van der Waals surface area contributed by atoms with Crippen molar-refractivity contribution < 1.29 is 9.15 Å². The number of anilines is 1. The third-order valence-corrected chi connectivity index (χ3v) is 4.52. The van der Waals surface area contributed by atoms with Gasteiger partial charge in [-0.2, -0.15) is 5.10 Å². The zero-order valence-electron chi connectivity index (χ0n) is 15.3. The molecule has 3 heterocycles. The average molecular weight is 353 g/mol. The molecule has 0 amide bonds. The van der Waals surface area contributed by atoms with Gasteiger partial charge in [-0.1, -0.05) is 24.2 Å². The smallest absolute Gasteiger partial charge is 0.318 e. The van der Waals surface area contributed by atoms with Gasteiger partial charge in [-0.05, 0) is 38.5 Å². The van der Waals surface area contributed by atoms with E-state index in [0.29, 0.717) is 24.6 Å². The molecule has 1 aliphatic rings. The molecule has 0 N–H and O–H groups in total. The molecular weight excluding hydrogens is 330 g/mol. The normalized spacial score (nSPS) is 14.5. The van der Waals surface area contributed by atoms with Crippen LogP contribution in [0.3, 0.4) is 0 Å². The number of para-hydroxylation sites is 1. The van der Waals surface area contributed by atoms with E-state index < -0.39 is 0 Å². The molecule has 0 radical (unpaired) electrons. The van der Waals surface area contributed by atoms with Crippen molar-refractivity contribution in [3.05, 3.63) is 41.7 Å². The molecule has 0 unspecified atom stereocenters. The number of rotatable bonds is 6. The third-order valence-electron chi connectivity index (χ3n) is 4.52. The molecule has 2 aromatic heterocycles. The van der Waals surface area contributed by atoms with Crippen molar-refractivity contribution in [2.45, 2.75) is 33.2 Å². The second-order valence-electron chi connectivity index (χ2n) is 6.66. The highest BCUT2D eigenvalue weighted by atomic mass is 16.5. The molecule has 7 nitrogen and oxygen atoms in total. The van der Waals surface area contributed by atoms with Gasteiger partial charge in [-0.25, -0.2) is 0 Å². The van der Waals surface area contributed by atoms with Crippen molar-refractivity contribution >= 4 is 6.01 Å². The summed E-state index contributed by atoms with van der Waals surface area (Å²) >= 11 is 0. The molecular formula is C19H23N5O2. The molecule has 0 saturated carbocycles. The summed E-state index contributed by atoms with van der Waals surface area (Å²) in [6.45, 7) is 8.48. The Morgan fingerprint density at radius 3 is 2.73 bits per heavy atom. The van der Waals surface area contributed by atoms with E-state index in [2.05, 4.69) is 44.8 Å². The van der Waals surface area contributed by atoms with Gasteiger partial charge < -0.3 is 14.1 Å². The van der Waals surface area contributed by atoms with Crippen LogP contribution in [0, 0.1) is 13.8 Å². The van der Waals surface area contributed by atoms with Crippen molar-refractivity contribution in [2.24, 2.45) is 0 Å². The topological polar surface area (TPSA) is 69.2 Å². The van der Waals surface area contributed by atoms with Crippen LogP contribution in [-0.2, 0) is 0 Å². The van der Waals surface area contributed by atoms with E-state index in [4.69, 9.17) is 9.15 Å². The number of aromatic nitrogens is 4. The lowest BCUT2D eigenvalue weighted by atomic mass is 10.1. The summed E-state index contributed by atoms with van der Waals surface area (Å²) < 4.78 is 13.8. The predicted octanol–water partition coefficient (Wildman–Crippen LogP) is 3.40. The minimum absolute atomic E-state index is 0.347. The van der Waals surface area contributed by atoms with Crippen LogP contribution in [0.5, 0.6) is 5.75 Å². The Balaban J connectivity index is 1.47. The Morgan fingerprint density at radius 1 is 1.19 bits per heavy atom. The number of aryl methyl sites for hydroxylation is 2. The lowest BCUT2D eigenvalue weighted by molar-refractivity contribution is 0.317. The highest BCUT2D eigenvalue weighted by Crippen LogP contribution is 2.33. The summed E-state index contributed by atoms with van der Waals surface area (Å²) in [7, 11) is 0. The monoisotopic (exact) mass is 353 g/mol. The Bertz CT molecular complexity index is 895. The van der Waals surface area contributed by atoms with Crippen LogP contribution in [0.25, 0.3) is 11.5 Å². The molecule has 26 heavy (non-hydrogen) atoms. The minimum atomic E-state index is 0.347. The molecule has 0 aliphatic carbocycles. The summed E-state index contributed by atoms with van der Waals surface area (Å²) in [5, 5.41) is 13.0. The second kappa shape index (κ2) is 6.82. The highest BCUT2D eigenvalue weighted by molar-refractivity contribution is 5.62. The van der Waals surface area contributed by atoms with Crippen molar-refractivity contribution in [1.29, 1.82) is 0 Å². The first-order valence-corrected chi connectivity index (χ1v) is 8.99. The maximum absolute atomic E-state index is 5.91. The van der Waals surface area contributed by atoms with E-state index in [0.717, 1.165) is 36.5 Å². The molecule has 1 fully saturated rings. The van der Waals surface area contributed by atoms with Crippen LogP contribution < -0.4 is 9.64 Å². The largest absolute Gasteiger partial charge is 0.493 e. The Morgan fingerprint density at radius 2 is 2.00 bits per heavy atom. The van der Waals surface area contributed by atoms with E-state index in [1.54, 1.807) is 0 Å². The summed E-state index contributed by atoms with van der Waals surface area (Å²) in [6.07, 6.45) is 0.949. The van der Waals surface area contributed by atoms with Crippen LogP contribution in [0.1, 0.15) is 30.8 Å². The molecule has 7 heteroatoms. The van der Waals surface area contributed by atoms with Crippen molar-refractivity contribution in [1.82, 2.24) is 20.0 Å². The molecule has 1 aromatic carbocycles. The molecule has 4 rings (SSSR count). The SMILES string of the molecule is CCCOc1ccccc1-c1nnc(N2CC(n3nc(C)cc3C)C2)o1. The molecule has 1 saturated heterocycles. The van der Waals surface area contributed by atoms with Gasteiger partial charge in [0.2, 0.25) is 0 Å². The number of hydrogen-bond acceptors (Lipinski definition) is 6. The fourth-order valence-corrected chi connectivity index (χ4v) is 3.22. The fraction of sp³-hybridized carbons (Fsp3) is 0.421. The Hall–Kier alpha value is -2.83. The molecule has 3 aromatic rings. The van der Waals surface area contributed by atoms with Crippen molar-refractivity contribution in [3.63, 3.8) is 0 Å². The second-order valence-corrected chi connectivity index (χ2v) is 6.66. The van der Waals surface area contributed by atoms with Gasteiger partial charge in [-0.3, -0.25) is 4.68 Å². The summed E-state index contributed by atoms with van der Waals surface area (Å²) in [5.41, 5.74) is 3.06. The molecule has 0 atom stereocenters. The minimum Gasteiger partial charge on any atom is -0.493 e. The fourth-order valence-electron chi connectivity index (χ4n) is 3.22. The van der Waals surface area contributed by atoms with Gasteiger partial charge in [0.25, 0.3) is 5.89 Å². The molecule has 0 spiro atoms. The average Bonchev–Trinajstić information content (AvgIpc) is 3.19. The third kappa shape index (κ3) is 3.05. The van der Waals surface area contributed by atoms with Gasteiger partial charge in [0, 0.05) is 18.8 Å². The maximum atomic E-state index is 5.91. The van der Waals surface area contributed by atoms with Crippen LogP contribution in [0.2, 0.25) is 0 Å². The number of ether oxygens (including phenoxy) is 1. The van der Waals surface area contributed by atoms with Crippen LogP contribution >= 0.6 is 0 Å². The quantitative estimate of drug-likeness (QED) is 0.676. The zero-order valence-corrected chi connectivity index (χ0v) is 15.3. The van der Waals surface area contributed by atoms with Gasteiger partial charge >= 0.3 is 6.01 Å². The highest BCUT2D eigenvalue weighted by Gasteiger charge is 2.33. The molecule has 1 aliphatic heterocycles. The zero-order chi connectivity index (χ0) is 18.1. The first kappa shape index (κ1) is 16.6. The van der Waals surface area contributed by atoms with E-state index in [9.17, 15) is 0 Å². The molecule has 0 bridgehead atoms. The Labute approximate surface area is 152 Å².